The van der Waals surface area contributed by atoms with Crippen molar-refractivity contribution in [2.24, 2.45) is 0 Å². The van der Waals surface area contributed by atoms with E-state index in [9.17, 15) is 18.0 Å². The molecule has 0 spiro atoms. The third-order valence-electron chi connectivity index (χ3n) is 2.20. The lowest BCUT2D eigenvalue weighted by molar-refractivity contribution is -0.124. The topological polar surface area (TPSA) is 46.9 Å². The van der Waals surface area contributed by atoms with Crippen molar-refractivity contribution < 1.29 is 18.0 Å². The van der Waals surface area contributed by atoms with E-state index in [-0.39, 0.29) is 30.0 Å². The average Bonchev–Trinajstić information content (AvgIpc) is 2.78. The Bertz CT molecular complexity index is 367. The van der Waals surface area contributed by atoms with Crippen LogP contribution in [0.3, 0.4) is 0 Å². The average molecular weight is 281 g/mol. The van der Waals surface area contributed by atoms with Crippen LogP contribution >= 0.6 is 11.8 Å². The number of aromatic nitrogens is 2. The molecule has 0 fully saturated rings. The maximum atomic E-state index is 11.9. The van der Waals surface area contributed by atoms with Gasteiger partial charge in [-0.2, -0.15) is 18.3 Å². The van der Waals surface area contributed by atoms with Gasteiger partial charge in [0.2, 0.25) is 5.91 Å². The van der Waals surface area contributed by atoms with Gasteiger partial charge in [-0.25, -0.2) is 0 Å². The molecule has 4 nitrogen and oxygen atoms in total. The smallest absolute Gasteiger partial charge is 0.353 e. The molecule has 1 N–H and O–H groups in total. The van der Waals surface area contributed by atoms with Crippen molar-refractivity contribution >= 4 is 17.7 Å². The summed E-state index contributed by atoms with van der Waals surface area (Å²) in [7, 11) is 0. The molecular formula is C10H14F3N3OS. The summed E-state index contributed by atoms with van der Waals surface area (Å²) in [4.78, 5) is 11.7. The molecule has 1 unspecified atom stereocenters. The highest BCUT2D eigenvalue weighted by Gasteiger charge is 2.27. The monoisotopic (exact) mass is 281 g/mol. The summed E-state index contributed by atoms with van der Waals surface area (Å²) in [6, 6.07) is 1.21. The van der Waals surface area contributed by atoms with Gasteiger partial charge in [-0.15, -0.1) is 0 Å². The van der Waals surface area contributed by atoms with Crippen molar-refractivity contribution in [2.45, 2.75) is 24.9 Å². The highest BCUT2D eigenvalue weighted by molar-refractivity contribution is 8.00. The second kappa shape index (κ2) is 6.67. The first kappa shape index (κ1) is 14.9. The fourth-order valence-electron chi connectivity index (χ4n) is 1.42. The van der Waals surface area contributed by atoms with Crippen LogP contribution in [-0.2, 0) is 4.79 Å². The number of nitrogens with zero attached hydrogens (tertiary/aromatic N) is 2. The highest BCUT2D eigenvalue weighted by atomic mass is 32.2. The molecule has 0 radical (unpaired) electrons. The second-order valence-electron chi connectivity index (χ2n) is 3.50. The lowest BCUT2D eigenvalue weighted by Crippen LogP contribution is -2.34. The zero-order valence-electron chi connectivity index (χ0n) is 9.78. The number of hydrogen-bond acceptors (Lipinski definition) is 3. The molecule has 1 aromatic rings. The number of hydrogen-bond donors (Lipinski definition) is 1. The maximum absolute atomic E-state index is 11.9. The number of amides is 1. The van der Waals surface area contributed by atoms with Gasteiger partial charge in [0.05, 0.1) is 0 Å². The van der Waals surface area contributed by atoms with Gasteiger partial charge >= 0.3 is 5.51 Å². The van der Waals surface area contributed by atoms with Crippen LogP contribution in [0.5, 0.6) is 0 Å². The van der Waals surface area contributed by atoms with Crippen molar-refractivity contribution in [1.29, 1.82) is 0 Å². The molecular weight excluding hydrogens is 267 g/mol. The maximum Gasteiger partial charge on any atom is 0.441 e. The van der Waals surface area contributed by atoms with Crippen molar-refractivity contribution in [1.82, 2.24) is 15.1 Å². The Hall–Kier alpha value is -1.18. The van der Waals surface area contributed by atoms with E-state index in [1.54, 1.807) is 18.5 Å². The van der Waals surface area contributed by atoms with Crippen LogP contribution in [0.1, 0.15) is 19.4 Å². The Morgan fingerprint density at radius 2 is 2.28 bits per heavy atom. The summed E-state index contributed by atoms with van der Waals surface area (Å²) >= 11 is -0.145. The molecule has 0 bridgehead atoms. The number of halogens is 3. The van der Waals surface area contributed by atoms with Crippen molar-refractivity contribution in [2.75, 3.05) is 12.3 Å². The van der Waals surface area contributed by atoms with E-state index in [0.717, 1.165) is 0 Å². The van der Waals surface area contributed by atoms with E-state index < -0.39 is 11.6 Å². The molecule has 0 aliphatic carbocycles. The lowest BCUT2D eigenvalue weighted by Gasteiger charge is -2.15. The number of carbonyl (C=O) groups is 1. The summed E-state index contributed by atoms with van der Waals surface area (Å²) in [5, 5.41) is 6.42. The Balaban J connectivity index is 2.36. The molecule has 18 heavy (non-hydrogen) atoms. The van der Waals surface area contributed by atoms with Crippen LogP contribution in [0.2, 0.25) is 0 Å². The molecule has 0 aromatic carbocycles. The first-order chi connectivity index (χ1) is 8.44. The molecule has 0 saturated carbocycles. The molecule has 0 aliphatic heterocycles. The molecule has 1 amide bonds. The Labute approximate surface area is 107 Å². The Morgan fingerprint density at radius 3 is 2.78 bits per heavy atom. The lowest BCUT2D eigenvalue weighted by atomic mass is 10.2. The zero-order valence-corrected chi connectivity index (χ0v) is 10.6. The van der Waals surface area contributed by atoms with Gasteiger partial charge in [-0.3, -0.25) is 9.48 Å². The Morgan fingerprint density at radius 1 is 1.56 bits per heavy atom. The molecule has 8 heteroatoms. The number of rotatable bonds is 6. The van der Waals surface area contributed by atoms with Crippen molar-refractivity contribution in [3.8, 4) is 0 Å². The minimum atomic E-state index is -4.25. The highest BCUT2D eigenvalue weighted by Crippen LogP contribution is 2.29. The van der Waals surface area contributed by atoms with E-state index in [2.05, 4.69) is 10.4 Å². The molecule has 0 saturated heterocycles. The summed E-state index contributed by atoms with van der Waals surface area (Å²) in [6.45, 7) is 1.80. The third-order valence-corrected chi connectivity index (χ3v) is 2.94. The van der Waals surface area contributed by atoms with Crippen LogP contribution in [-0.4, -0.2) is 33.5 Å². The standard InChI is InChI=1S/C10H14F3N3OS/c1-2-8(16-6-3-4-15-16)9(17)14-5-7-18-10(11,12)13/h3-4,6,8H,2,5,7H2,1H3,(H,14,17). The van der Waals surface area contributed by atoms with Gasteiger partial charge < -0.3 is 5.32 Å². The minimum absolute atomic E-state index is 0.0131. The Kier molecular flexibility index (Phi) is 5.52. The van der Waals surface area contributed by atoms with E-state index in [1.165, 1.54) is 4.68 Å². The molecule has 1 heterocycles. The molecule has 0 aliphatic rings. The van der Waals surface area contributed by atoms with E-state index >= 15 is 0 Å². The summed E-state index contributed by atoms with van der Waals surface area (Å²) in [5.41, 5.74) is -4.25. The fraction of sp³-hybridized carbons (Fsp3) is 0.600. The van der Waals surface area contributed by atoms with Gasteiger partial charge in [0.25, 0.3) is 0 Å². The number of alkyl halides is 3. The van der Waals surface area contributed by atoms with Crippen molar-refractivity contribution in [3.63, 3.8) is 0 Å². The molecule has 1 aromatic heterocycles. The van der Waals surface area contributed by atoms with Crippen LogP contribution in [0.15, 0.2) is 18.5 Å². The third kappa shape index (κ3) is 4.99. The quantitative estimate of drug-likeness (QED) is 0.813. The van der Waals surface area contributed by atoms with Crippen LogP contribution in [0.25, 0.3) is 0 Å². The predicted molar refractivity (Wildman–Crippen MR) is 63.1 cm³/mol. The van der Waals surface area contributed by atoms with E-state index in [1.807, 2.05) is 6.92 Å². The van der Waals surface area contributed by atoms with Gasteiger partial charge in [-0.1, -0.05) is 6.92 Å². The summed E-state index contributed by atoms with van der Waals surface area (Å²) in [5.74, 6) is -0.505. The van der Waals surface area contributed by atoms with Crippen LogP contribution in [0, 0.1) is 0 Å². The van der Waals surface area contributed by atoms with Crippen LogP contribution in [0.4, 0.5) is 13.2 Å². The van der Waals surface area contributed by atoms with Gasteiger partial charge in [0.1, 0.15) is 6.04 Å². The zero-order chi connectivity index (χ0) is 13.6. The fourth-order valence-corrected chi connectivity index (χ4v) is 1.85. The van der Waals surface area contributed by atoms with Gasteiger partial charge in [0.15, 0.2) is 0 Å². The summed E-state index contributed by atoms with van der Waals surface area (Å²) < 4.78 is 37.1. The summed E-state index contributed by atoms with van der Waals surface area (Å²) in [6.07, 6.45) is 3.73. The number of carbonyl (C=O) groups excluding carboxylic acids is 1. The first-order valence-corrected chi connectivity index (χ1v) is 6.40. The number of nitrogens with one attached hydrogen (secondary N) is 1. The van der Waals surface area contributed by atoms with E-state index in [4.69, 9.17) is 0 Å². The largest absolute Gasteiger partial charge is 0.441 e. The first-order valence-electron chi connectivity index (χ1n) is 5.41. The van der Waals surface area contributed by atoms with Crippen molar-refractivity contribution in [3.05, 3.63) is 18.5 Å². The molecule has 1 rings (SSSR count). The normalized spacial score (nSPS) is 13.3. The van der Waals surface area contributed by atoms with Crippen LogP contribution < -0.4 is 5.32 Å². The predicted octanol–water partition coefficient (Wildman–Crippen LogP) is 2.20. The van der Waals surface area contributed by atoms with E-state index in [0.29, 0.717) is 6.42 Å². The van der Waals surface area contributed by atoms with Gasteiger partial charge in [0, 0.05) is 24.7 Å². The molecule has 1 atom stereocenters. The second-order valence-corrected chi connectivity index (χ2v) is 4.66. The molecule has 102 valence electrons. The SMILES string of the molecule is CCC(C(=O)NCCSC(F)(F)F)n1cccn1. The number of thioether (sulfide) groups is 1. The van der Waals surface area contributed by atoms with Gasteiger partial charge in [-0.05, 0) is 24.2 Å². The minimum Gasteiger partial charge on any atom is -0.353 e.